The molecular weight excluding hydrogens is 313 g/mol. The first-order valence-electron chi connectivity index (χ1n) is 7.11. The smallest absolute Gasteiger partial charge is 0.381 e. The zero-order chi connectivity index (χ0) is 17.0. The van der Waals surface area contributed by atoms with Crippen molar-refractivity contribution in [3.05, 3.63) is 35.4 Å². The molecule has 0 unspecified atom stereocenters. The maximum atomic E-state index is 12.7. The SMILES string of the molecule is NC(=O)[C@@H](Cc1cccc(C(F)(F)F)c1)NC(=O)[C@@H]1CCOC1. The van der Waals surface area contributed by atoms with Gasteiger partial charge in [0.2, 0.25) is 11.8 Å². The molecule has 0 spiro atoms. The van der Waals surface area contributed by atoms with E-state index in [0.29, 0.717) is 13.0 Å². The maximum Gasteiger partial charge on any atom is 0.416 e. The largest absolute Gasteiger partial charge is 0.416 e. The minimum absolute atomic E-state index is 0.0986. The van der Waals surface area contributed by atoms with Gasteiger partial charge in [-0.05, 0) is 18.1 Å². The Balaban J connectivity index is 2.07. The number of primary amides is 1. The molecule has 1 aliphatic heterocycles. The van der Waals surface area contributed by atoms with E-state index in [1.54, 1.807) is 0 Å². The molecule has 1 aliphatic rings. The van der Waals surface area contributed by atoms with Crippen LogP contribution in [0, 0.1) is 5.92 Å². The summed E-state index contributed by atoms with van der Waals surface area (Å²) >= 11 is 0. The number of nitrogens with two attached hydrogens (primary N) is 1. The molecule has 3 N–H and O–H groups in total. The number of carbonyl (C=O) groups excluding carboxylic acids is 2. The lowest BCUT2D eigenvalue weighted by molar-refractivity contribution is -0.137. The Hall–Kier alpha value is -2.09. The Kier molecular flexibility index (Phi) is 5.25. The van der Waals surface area contributed by atoms with Crippen LogP contribution in [-0.2, 0) is 26.9 Å². The van der Waals surface area contributed by atoms with Gasteiger partial charge in [-0.2, -0.15) is 13.2 Å². The van der Waals surface area contributed by atoms with Crippen LogP contribution in [-0.4, -0.2) is 31.1 Å². The van der Waals surface area contributed by atoms with Gasteiger partial charge < -0.3 is 15.8 Å². The number of carbonyl (C=O) groups is 2. The summed E-state index contributed by atoms with van der Waals surface area (Å²) in [6.45, 7) is 0.730. The number of alkyl halides is 3. The molecule has 1 aromatic carbocycles. The van der Waals surface area contributed by atoms with Crippen LogP contribution < -0.4 is 11.1 Å². The molecule has 0 radical (unpaired) electrons. The second-order valence-electron chi connectivity index (χ2n) is 5.43. The van der Waals surface area contributed by atoms with Crippen molar-refractivity contribution in [1.82, 2.24) is 5.32 Å². The molecule has 1 heterocycles. The fourth-order valence-electron chi connectivity index (χ4n) is 2.36. The zero-order valence-corrected chi connectivity index (χ0v) is 12.2. The van der Waals surface area contributed by atoms with E-state index in [9.17, 15) is 22.8 Å². The predicted molar refractivity (Wildman–Crippen MR) is 75.2 cm³/mol. The Morgan fingerprint density at radius 2 is 2.13 bits per heavy atom. The van der Waals surface area contributed by atoms with E-state index >= 15 is 0 Å². The van der Waals surface area contributed by atoms with Gasteiger partial charge in [0.25, 0.3) is 0 Å². The third-order valence-corrected chi connectivity index (χ3v) is 3.65. The van der Waals surface area contributed by atoms with Crippen molar-refractivity contribution in [3.63, 3.8) is 0 Å². The summed E-state index contributed by atoms with van der Waals surface area (Å²) in [6, 6.07) is 3.53. The van der Waals surface area contributed by atoms with Crippen molar-refractivity contribution in [1.29, 1.82) is 0 Å². The summed E-state index contributed by atoms with van der Waals surface area (Å²) in [5.41, 5.74) is 4.71. The van der Waals surface area contributed by atoms with Crippen molar-refractivity contribution in [3.8, 4) is 0 Å². The van der Waals surface area contributed by atoms with Crippen molar-refractivity contribution in [2.75, 3.05) is 13.2 Å². The van der Waals surface area contributed by atoms with E-state index in [1.807, 2.05) is 0 Å². The highest BCUT2D eigenvalue weighted by Gasteiger charge is 2.31. The second kappa shape index (κ2) is 6.99. The van der Waals surface area contributed by atoms with Crippen molar-refractivity contribution in [2.45, 2.75) is 25.1 Å². The maximum absolute atomic E-state index is 12.7. The van der Waals surface area contributed by atoms with Gasteiger partial charge in [0, 0.05) is 13.0 Å². The molecule has 1 saturated heterocycles. The Morgan fingerprint density at radius 3 is 2.70 bits per heavy atom. The molecule has 1 aromatic rings. The minimum atomic E-state index is -4.47. The highest BCUT2D eigenvalue weighted by molar-refractivity contribution is 5.87. The Labute approximate surface area is 131 Å². The molecule has 2 amide bonds. The number of amides is 2. The summed E-state index contributed by atoms with van der Waals surface area (Å²) in [5.74, 6) is -1.54. The van der Waals surface area contributed by atoms with E-state index in [0.717, 1.165) is 12.1 Å². The van der Waals surface area contributed by atoms with Crippen LogP contribution in [0.25, 0.3) is 0 Å². The summed E-state index contributed by atoms with van der Waals surface area (Å²) in [4.78, 5) is 23.5. The monoisotopic (exact) mass is 330 g/mol. The standard InChI is InChI=1S/C15H17F3N2O3/c16-15(17,18)11-3-1-2-9(6-11)7-12(13(19)21)20-14(22)10-4-5-23-8-10/h1-3,6,10,12H,4-5,7-8H2,(H2,19,21)(H,20,22)/t10-,12-/m1/s1. The molecule has 0 aliphatic carbocycles. The van der Waals surface area contributed by atoms with E-state index < -0.39 is 23.7 Å². The molecule has 126 valence electrons. The molecule has 0 aromatic heterocycles. The molecule has 1 fully saturated rings. The fourth-order valence-corrected chi connectivity index (χ4v) is 2.36. The van der Waals surface area contributed by atoms with Crippen LogP contribution >= 0.6 is 0 Å². The molecule has 0 saturated carbocycles. The molecule has 23 heavy (non-hydrogen) atoms. The number of benzene rings is 1. The second-order valence-corrected chi connectivity index (χ2v) is 5.43. The van der Waals surface area contributed by atoms with Gasteiger partial charge in [0.1, 0.15) is 6.04 Å². The zero-order valence-electron chi connectivity index (χ0n) is 12.2. The van der Waals surface area contributed by atoms with E-state index in [-0.39, 0.29) is 30.4 Å². The average molecular weight is 330 g/mol. The number of rotatable bonds is 5. The van der Waals surface area contributed by atoms with E-state index in [2.05, 4.69) is 5.32 Å². The topological polar surface area (TPSA) is 81.4 Å². The molecule has 8 heteroatoms. The first-order valence-corrected chi connectivity index (χ1v) is 7.11. The lowest BCUT2D eigenvalue weighted by Gasteiger charge is -2.18. The Bertz CT molecular complexity index is 584. The molecule has 2 rings (SSSR count). The minimum Gasteiger partial charge on any atom is -0.381 e. The lowest BCUT2D eigenvalue weighted by atomic mass is 10.0. The first kappa shape index (κ1) is 17.3. The third kappa shape index (κ3) is 4.69. The van der Waals surface area contributed by atoms with Crippen LogP contribution in [0.15, 0.2) is 24.3 Å². The normalized spacial score (nSPS) is 19.3. The van der Waals surface area contributed by atoms with Gasteiger partial charge in [-0.3, -0.25) is 9.59 Å². The van der Waals surface area contributed by atoms with Crippen LogP contribution in [0.3, 0.4) is 0 Å². The van der Waals surface area contributed by atoms with Gasteiger partial charge in [0.05, 0.1) is 18.1 Å². The Morgan fingerprint density at radius 1 is 1.39 bits per heavy atom. The van der Waals surface area contributed by atoms with Gasteiger partial charge in [-0.1, -0.05) is 18.2 Å². The number of hydrogen-bond donors (Lipinski definition) is 2. The number of nitrogens with one attached hydrogen (secondary N) is 1. The van der Waals surface area contributed by atoms with E-state index in [4.69, 9.17) is 10.5 Å². The number of ether oxygens (including phenoxy) is 1. The van der Waals surface area contributed by atoms with Crippen molar-refractivity contribution in [2.24, 2.45) is 11.7 Å². The van der Waals surface area contributed by atoms with Gasteiger partial charge >= 0.3 is 6.18 Å². The van der Waals surface area contributed by atoms with Crippen molar-refractivity contribution >= 4 is 11.8 Å². The third-order valence-electron chi connectivity index (χ3n) is 3.65. The lowest BCUT2D eigenvalue weighted by Crippen LogP contribution is -2.48. The van der Waals surface area contributed by atoms with Gasteiger partial charge in [0.15, 0.2) is 0 Å². The molecule has 2 atom stereocenters. The summed E-state index contributed by atoms with van der Waals surface area (Å²) in [7, 11) is 0. The van der Waals surface area contributed by atoms with Gasteiger partial charge in [-0.15, -0.1) is 0 Å². The summed E-state index contributed by atoms with van der Waals surface area (Å²) in [6.07, 6.45) is -4.03. The fraction of sp³-hybridized carbons (Fsp3) is 0.467. The van der Waals surface area contributed by atoms with Gasteiger partial charge in [-0.25, -0.2) is 0 Å². The number of halogens is 3. The average Bonchev–Trinajstić information content (AvgIpc) is 3.00. The van der Waals surface area contributed by atoms with Crippen LogP contribution in [0.2, 0.25) is 0 Å². The number of hydrogen-bond acceptors (Lipinski definition) is 3. The summed E-state index contributed by atoms with van der Waals surface area (Å²) < 4.78 is 43.2. The first-order chi connectivity index (χ1) is 10.8. The van der Waals surface area contributed by atoms with Crippen LogP contribution in [0.1, 0.15) is 17.5 Å². The molecule has 0 bridgehead atoms. The molecule has 5 nitrogen and oxygen atoms in total. The molecular formula is C15H17F3N2O3. The highest BCUT2D eigenvalue weighted by Crippen LogP contribution is 2.29. The quantitative estimate of drug-likeness (QED) is 0.853. The van der Waals surface area contributed by atoms with Crippen molar-refractivity contribution < 1.29 is 27.5 Å². The summed E-state index contributed by atoms with van der Waals surface area (Å²) in [5, 5.41) is 2.49. The van der Waals surface area contributed by atoms with Crippen LogP contribution in [0.5, 0.6) is 0 Å². The predicted octanol–water partition coefficient (Wildman–Crippen LogP) is 1.25. The highest BCUT2D eigenvalue weighted by atomic mass is 19.4. The van der Waals surface area contributed by atoms with E-state index in [1.165, 1.54) is 12.1 Å². The van der Waals surface area contributed by atoms with Crippen LogP contribution in [0.4, 0.5) is 13.2 Å².